The standard InChI is InChI=1S/C12H13NO2/c1-2-9(12(14)15)10-5-3-4-8-6-7-13-11(8)10/h3-7,9,13H,2H2,1H3,(H,14,15). The Kier molecular flexibility index (Phi) is 2.46. The maximum absolute atomic E-state index is 11.1. The van der Waals surface area contributed by atoms with Crippen molar-refractivity contribution in [1.82, 2.24) is 4.98 Å². The molecular weight excluding hydrogens is 190 g/mol. The van der Waals surface area contributed by atoms with E-state index in [9.17, 15) is 4.79 Å². The molecule has 3 heteroatoms. The molecule has 0 aliphatic rings. The number of hydrogen-bond donors (Lipinski definition) is 2. The Morgan fingerprint density at radius 1 is 1.47 bits per heavy atom. The quantitative estimate of drug-likeness (QED) is 0.805. The van der Waals surface area contributed by atoms with Crippen LogP contribution in [0.3, 0.4) is 0 Å². The van der Waals surface area contributed by atoms with E-state index in [-0.39, 0.29) is 0 Å². The van der Waals surface area contributed by atoms with Crippen LogP contribution in [0.25, 0.3) is 10.9 Å². The predicted molar refractivity (Wildman–Crippen MR) is 59.0 cm³/mol. The third kappa shape index (κ3) is 1.61. The van der Waals surface area contributed by atoms with Crippen molar-refractivity contribution < 1.29 is 9.90 Å². The van der Waals surface area contributed by atoms with Gasteiger partial charge >= 0.3 is 5.97 Å². The second-order valence-electron chi connectivity index (χ2n) is 3.59. The highest BCUT2D eigenvalue weighted by atomic mass is 16.4. The highest BCUT2D eigenvalue weighted by Gasteiger charge is 2.19. The fourth-order valence-electron chi connectivity index (χ4n) is 1.93. The van der Waals surface area contributed by atoms with Crippen molar-refractivity contribution >= 4 is 16.9 Å². The zero-order valence-corrected chi connectivity index (χ0v) is 8.53. The first-order valence-corrected chi connectivity index (χ1v) is 5.03. The van der Waals surface area contributed by atoms with Crippen LogP contribution in [0.2, 0.25) is 0 Å². The number of fused-ring (bicyclic) bond motifs is 1. The van der Waals surface area contributed by atoms with Gasteiger partial charge in [-0.05, 0) is 23.4 Å². The van der Waals surface area contributed by atoms with Crippen LogP contribution in [0.15, 0.2) is 30.5 Å². The average molecular weight is 203 g/mol. The maximum atomic E-state index is 11.1. The van der Waals surface area contributed by atoms with Crippen molar-refractivity contribution in [3.63, 3.8) is 0 Å². The molecule has 2 rings (SSSR count). The van der Waals surface area contributed by atoms with Gasteiger partial charge in [0.2, 0.25) is 0 Å². The van der Waals surface area contributed by atoms with Gasteiger partial charge in [-0.25, -0.2) is 0 Å². The molecule has 1 unspecified atom stereocenters. The lowest BCUT2D eigenvalue weighted by atomic mass is 9.95. The van der Waals surface area contributed by atoms with E-state index in [0.29, 0.717) is 6.42 Å². The summed E-state index contributed by atoms with van der Waals surface area (Å²) in [5.41, 5.74) is 1.80. The van der Waals surface area contributed by atoms with Gasteiger partial charge in [0, 0.05) is 11.7 Å². The summed E-state index contributed by atoms with van der Waals surface area (Å²) in [6.07, 6.45) is 2.44. The van der Waals surface area contributed by atoms with E-state index >= 15 is 0 Å². The fraction of sp³-hybridized carbons (Fsp3) is 0.250. The third-order valence-electron chi connectivity index (χ3n) is 2.70. The summed E-state index contributed by atoms with van der Waals surface area (Å²) < 4.78 is 0. The first kappa shape index (κ1) is 9.77. The van der Waals surface area contributed by atoms with Crippen LogP contribution in [-0.2, 0) is 4.79 Å². The maximum Gasteiger partial charge on any atom is 0.311 e. The SMILES string of the molecule is CCC(C(=O)O)c1cccc2cc[nH]c12. The zero-order chi connectivity index (χ0) is 10.8. The Morgan fingerprint density at radius 2 is 2.27 bits per heavy atom. The summed E-state index contributed by atoms with van der Waals surface area (Å²) in [5.74, 6) is -1.19. The van der Waals surface area contributed by atoms with Crippen LogP contribution >= 0.6 is 0 Å². The van der Waals surface area contributed by atoms with Crippen molar-refractivity contribution in [3.8, 4) is 0 Å². The van der Waals surface area contributed by atoms with Gasteiger partial charge in [-0.1, -0.05) is 25.1 Å². The van der Waals surface area contributed by atoms with Crippen LogP contribution < -0.4 is 0 Å². The molecule has 1 atom stereocenters. The van der Waals surface area contributed by atoms with Crippen molar-refractivity contribution in [2.45, 2.75) is 19.3 Å². The number of rotatable bonds is 3. The molecule has 0 spiro atoms. The molecule has 0 saturated heterocycles. The molecular formula is C12H13NO2. The van der Waals surface area contributed by atoms with E-state index in [1.807, 2.05) is 37.4 Å². The Hall–Kier alpha value is -1.77. The molecule has 0 bridgehead atoms. The Morgan fingerprint density at radius 3 is 2.93 bits per heavy atom. The Labute approximate surface area is 87.7 Å². The highest BCUT2D eigenvalue weighted by molar-refractivity contribution is 5.88. The molecule has 78 valence electrons. The minimum Gasteiger partial charge on any atom is -0.481 e. The van der Waals surface area contributed by atoms with Gasteiger partial charge in [-0.15, -0.1) is 0 Å². The minimum absolute atomic E-state index is 0.424. The monoisotopic (exact) mass is 203 g/mol. The number of aromatic amines is 1. The number of carboxylic acid groups (broad SMARTS) is 1. The summed E-state index contributed by atoms with van der Waals surface area (Å²) in [6, 6.07) is 7.70. The first-order chi connectivity index (χ1) is 7.24. The molecule has 0 aliphatic heterocycles. The summed E-state index contributed by atoms with van der Waals surface area (Å²) in [4.78, 5) is 14.2. The summed E-state index contributed by atoms with van der Waals surface area (Å²) in [6.45, 7) is 1.89. The summed E-state index contributed by atoms with van der Waals surface area (Å²) >= 11 is 0. The number of H-pyrrole nitrogens is 1. The van der Waals surface area contributed by atoms with Crippen molar-refractivity contribution in [2.24, 2.45) is 0 Å². The number of benzene rings is 1. The number of aliphatic carboxylic acids is 1. The lowest BCUT2D eigenvalue weighted by Crippen LogP contribution is -2.10. The van der Waals surface area contributed by atoms with Crippen molar-refractivity contribution in [2.75, 3.05) is 0 Å². The molecule has 0 aliphatic carbocycles. The fourth-order valence-corrected chi connectivity index (χ4v) is 1.93. The van der Waals surface area contributed by atoms with E-state index in [2.05, 4.69) is 4.98 Å². The van der Waals surface area contributed by atoms with Gasteiger partial charge in [-0.3, -0.25) is 4.79 Å². The number of hydrogen-bond acceptors (Lipinski definition) is 1. The van der Waals surface area contributed by atoms with E-state index in [1.165, 1.54) is 0 Å². The highest BCUT2D eigenvalue weighted by Crippen LogP contribution is 2.26. The van der Waals surface area contributed by atoms with Crippen molar-refractivity contribution in [1.29, 1.82) is 0 Å². The molecule has 0 radical (unpaired) electrons. The molecule has 15 heavy (non-hydrogen) atoms. The van der Waals surface area contributed by atoms with E-state index in [4.69, 9.17) is 5.11 Å². The lowest BCUT2D eigenvalue weighted by molar-refractivity contribution is -0.138. The average Bonchev–Trinajstić information content (AvgIpc) is 2.66. The van der Waals surface area contributed by atoms with Gasteiger partial charge in [0.15, 0.2) is 0 Å². The van der Waals surface area contributed by atoms with E-state index in [0.717, 1.165) is 16.5 Å². The second-order valence-corrected chi connectivity index (χ2v) is 3.59. The largest absolute Gasteiger partial charge is 0.481 e. The van der Waals surface area contributed by atoms with Gasteiger partial charge in [0.1, 0.15) is 0 Å². The van der Waals surface area contributed by atoms with Crippen LogP contribution in [-0.4, -0.2) is 16.1 Å². The van der Waals surface area contributed by atoms with Crippen molar-refractivity contribution in [3.05, 3.63) is 36.0 Å². The molecule has 3 nitrogen and oxygen atoms in total. The zero-order valence-electron chi connectivity index (χ0n) is 8.53. The predicted octanol–water partition coefficient (Wildman–Crippen LogP) is 2.75. The van der Waals surface area contributed by atoms with Gasteiger partial charge < -0.3 is 10.1 Å². The van der Waals surface area contributed by atoms with Crippen LogP contribution in [0.1, 0.15) is 24.8 Å². The Balaban J connectivity index is 2.59. The van der Waals surface area contributed by atoms with Crippen LogP contribution in [0.4, 0.5) is 0 Å². The van der Waals surface area contributed by atoms with Gasteiger partial charge in [-0.2, -0.15) is 0 Å². The van der Waals surface area contributed by atoms with E-state index < -0.39 is 11.9 Å². The molecule has 2 aromatic rings. The number of carbonyl (C=O) groups is 1. The smallest absolute Gasteiger partial charge is 0.311 e. The summed E-state index contributed by atoms with van der Waals surface area (Å²) in [7, 11) is 0. The molecule has 1 heterocycles. The topological polar surface area (TPSA) is 53.1 Å². The Bertz CT molecular complexity index is 487. The molecule has 2 N–H and O–H groups in total. The molecule has 0 amide bonds. The van der Waals surface area contributed by atoms with Crippen LogP contribution in [0.5, 0.6) is 0 Å². The minimum atomic E-state index is -0.764. The molecule has 1 aromatic heterocycles. The first-order valence-electron chi connectivity index (χ1n) is 5.03. The van der Waals surface area contributed by atoms with Crippen LogP contribution in [0, 0.1) is 0 Å². The van der Waals surface area contributed by atoms with Gasteiger partial charge in [0.25, 0.3) is 0 Å². The summed E-state index contributed by atoms with van der Waals surface area (Å²) in [5, 5.41) is 10.2. The second kappa shape index (κ2) is 3.77. The lowest BCUT2D eigenvalue weighted by Gasteiger charge is -2.10. The molecule has 1 aromatic carbocycles. The molecule has 0 saturated carbocycles. The number of aromatic nitrogens is 1. The number of para-hydroxylation sites is 1. The van der Waals surface area contributed by atoms with Gasteiger partial charge in [0.05, 0.1) is 5.92 Å². The normalized spacial score (nSPS) is 12.9. The molecule has 0 fully saturated rings. The third-order valence-corrected chi connectivity index (χ3v) is 2.70. The number of nitrogens with one attached hydrogen (secondary N) is 1. The number of carboxylic acids is 1. The van der Waals surface area contributed by atoms with E-state index in [1.54, 1.807) is 0 Å².